The molecule has 0 saturated carbocycles. The molecule has 2 atom stereocenters. The zero-order valence-electron chi connectivity index (χ0n) is 7.24. The van der Waals surface area contributed by atoms with Crippen LogP contribution in [0.1, 0.15) is 25.7 Å². The minimum absolute atomic E-state index is 0.430. The van der Waals surface area contributed by atoms with Crippen LogP contribution < -0.4 is 5.84 Å². The highest BCUT2D eigenvalue weighted by Crippen LogP contribution is 2.33. The number of piperidine rings is 1. The van der Waals surface area contributed by atoms with Crippen molar-refractivity contribution in [2.45, 2.75) is 43.8 Å². The minimum atomic E-state index is 0.430. The first-order valence-corrected chi connectivity index (χ1v) is 4.56. The summed E-state index contributed by atoms with van der Waals surface area (Å²) in [6, 6.07) is 1.55. The molecule has 0 radical (unpaired) electrons. The first kappa shape index (κ1) is 7.99. The maximum absolute atomic E-state index is 5.90. The molecule has 2 saturated heterocycles. The Kier molecular flexibility index (Phi) is 2.01. The highest BCUT2D eigenvalue weighted by molar-refractivity contribution is 5.46. The van der Waals surface area contributed by atoms with Crippen LogP contribution >= 0.6 is 0 Å². The van der Waals surface area contributed by atoms with Crippen LogP contribution in [-0.2, 0) is 0 Å². The van der Waals surface area contributed by atoms with Gasteiger partial charge in [-0.15, -0.1) is 0 Å². The molecule has 3 heteroatoms. The van der Waals surface area contributed by atoms with Gasteiger partial charge in [0.1, 0.15) is 0 Å². The van der Waals surface area contributed by atoms with Gasteiger partial charge >= 0.3 is 0 Å². The molecular formula is C9H15N3. The summed E-state index contributed by atoms with van der Waals surface area (Å²) in [6.45, 7) is 3.51. The lowest BCUT2D eigenvalue weighted by Gasteiger charge is -2.33. The van der Waals surface area contributed by atoms with Gasteiger partial charge in [-0.2, -0.15) is 0 Å². The summed E-state index contributed by atoms with van der Waals surface area (Å²) in [5.74, 6) is 8.54. The maximum Gasteiger partial charge on any atom is 0.0624 e. The molecule has 66 valence electrons. The van der Waals surface area contributed by atoms with Gasteiger partial charge in [-0.3, -0.25) is 5.84 Å². The van der Waals surface area contributed by atoms with Gasteiger partial charge < -0.3 is 0 Å². The van der Waals surface area contributed by atoms with Gasteiger partial charge in [-0.05, 0) is 38.1 Å². The van der Waals surface area contributed by atoms with Gasteiger partial charge in [-0.1, -0.05) is 0 Å². The van der Waals surface area contributed by atoms with Crippen molar-refractivity contribution >= 4 is 5.87 Å². The van der Waals surface area contributed by atoms with Crippen LogP contribution in [0.5, 0.6) is 0 Å². The Balaban J connectivity index is 2.07. The molecule has 2 fully saturated rings. The van der Waals surface area contributed by atoms with Crippen LogP contribution in [0.4, 0.5) is 0 Å². The number of nitrogens with zero attached hydrogens (tertiary/aromatic N) is 2. The lowest BCUT2D eigenvalue weighted by Crippen LogP contribution is -2.48. The third-order valence-corrected chi connectivity index (χ3v) is 3.04. The molecule has 2 aliphatic rings. The van der Waals surface area contributed by atoms with Gasteiger partial charge in [0.15, 0.2) is 0 Å². The summed E-state index contributed by atoms with van der Waals surface area (Å²) in [4.78, 5) is 4.22. The van der Waals surface area contributed by atoms with Crippen molar-refractivity contribution in [3.63, 3.8) is 0 Å². The molecule has 0 aliphatic carbocycles. The van der Waals surface area contributed by atoms with Crippen LogP contribution in [0.3, 0.4) is 0 Å². The Hall–Kier alpha value is -0.630. The van der Waals surface area contributed by atoms with Gasteiger partial charge in [0, 0.05) is 12.1 Å². The van der Waals surface area contributed by atoms with Crippen LogP contribution in [0.15, 0.2) is 11.6 Å². The number of hydrogen-bond acceptors (Lipinski definition) is 3. The molecule has 0 spiro atoms. The van der Waals surface area contributed by atoms with Gasteiger partial charge in [0.25, 0.3) is 0 Å². The number of aliphatic imine (C=N–C) groups is 1. The van der Waals surface area contributed by atoms with Crippen LogP contribution in [0, 0.1) is 0 Å². The fraction of sp³-hybridized carbons (Fsp3) is 0.778. The van der Waals surface area contributed by atoms with E-state index >= 15 is 0 Å². The molecule has 2 N–H and O–H groups in total. The number of hydrogen-bond donors (Lipinski definition) is 1. The average Bonchev–Trinajstić information content (AvgIpc) is 2.33. The van der Waals surface area contributed by atoms with E-state index in [9.17, 15) is 0 Å². The number of fused-ring (bicyclic) bond motifs is 2. The van der Waals surface area contributed by atoms with E-state index in [4.69, 9.17) is 5.84 Å². The van der Waals surface area contributed by atoms with E-state index < -0.39 is 0 Å². The fourth-order valence-electron chi connectivity index (χ4n) is 2.42. The number of rotatable bonds is 1. The van der Waals surface area contributed by atoms with Gasteiger partial charge in [0.05, 0.1) is 6.04 Å². The third-order valence-electron chi connectivity index (χ3n) is 3.04. The van der Waals surface area contributed by atoms with Crippen LogP contribution in [0.2, 0.25) is 0 Å². The molecule has 3 nitrogen and oxygen atoms in total. The van der Waals surface area contributed by atoms with Crippen molar-refractivity contribution in [2.24, 2.45) is 10.8 Å². The Bertz CT molecular complexity index is 206. The largest absolute Gasteiger partial charge is 0.268 e. The second kappa shape index (κ2) is 3.02. The number of hydrazine groups is 1. The highest BCUT2D eigenvalue weighted by atomic mass is 15.5. The summed E-state index contributed by atoms with van der Waals surface area (Å²) in [5.41, 5.74) is 0. The molecule has 0 aromatic carbocycles. The van der Waals surface area contributed by atoms with Gasteiger partial charge in [-0.25, -0.2) is 10.0 Å². The van der Waals surface area contributed by atoms with E-state index in [0.29, 0.717) is 18.1 Å². The number of nitrogens with two attached hydrogens (primary N) is 1. The zero-order valence-corrected chi connectivity index (χ0v) is 7.24. The predicted molar refractivity (Wildman–Crippen MR) is 48.9 cm³/mol. The van der Waals surface area contributed by atoms with Crippen LogP contribution in [0.25, 0.3) is 0 Å². The van der Waals surface area contributed by atoms with Crippen molar-refractivity contribution in [3.05, 3.63) is 6.58 Å². The first-order valence-electron chi connectivity index (χ1n) is 4.56. The molecule has 2 rings (SSSR count). The topological polar surface area (TPSA) is 41.6 Å². The summed E-state index contributed by atoms with van der Waals surface area (Å²) in [7, 11) is 0. The molecular weight excluding hydrogens is 150 g/mol. The van der Waals surface area contributed by atoms with Crippen LogP contribution in [-0.4, -0.2) is 29.0 Å². The van der Waals surface area contributed by atoms with E-state index in [1.165, 1.54) is 12.8 Å². The molecule has 0 amide bonds. The highest BCUT2D eigenvalue weighted by Gasteiger charge is 2.38. The Morgan fingerprint density at radius 3 is 2.42 bits per heavy atom. The van der Waals surface area contributed by atoms with Crippen molar-refractivity contribution in [3.8, 4) is 0 Å². The zero-order chi connectivity index (χ0) is 8.55. The molecule has 0 aromatic rings. The Morgan fingerprint density at radius 2 is 1.92 bits per heavy atom. The lowest BCUT2D eigenvalue weighted by atomic mass is 10.00. The average molecular weight is 165 g/mol. The van der Waals surface area contributed by atoms with E-state index in [2.05, 4.69) is 17.4 Å². The molecule has 2 heterocycles. The second-order valence-corrected chi connectivity index (χ2v) is 3.74. The van der Waals surface area contributed by atoms with Crippen molar-refractivity contribution in [1.29, 1.82) is 0 Å². The van der Waals surface area contributed by atoms with E-state index in [-0.39, 0.29) is 0 Å². The van der Waals surface area contributed by atoms with Crippen molar-refractivity contribution < 1.29 is 0 Å². The smallest absolute Gasteiger partial charge is 0.0624 e. The van der Waals surface area contributed by atoms with Crippen molar-refractivity contribution in [1.82, 2.24) is 5.01 Å². The Labute approximate surface area is 72.9 Å². The fourth-order valence-corrected chi connectivity index (χ4v) is 2.42. The Morgan fingerprint density at radius 1 is 1.33 bits per heavy atom. The summed E-state index contributed by atoms with van der Waals surface area (Å²) < 4.78 is 0. The molecule has 2 bridgehead atoms. The summed E-state index contributed by atoms with van der Waals surface area (Å²) in [6.07, 6.45) is 4.67. The van der Waals surface area contributed by atoms with E-state index in [1.807, 2.05) is 5.01 Å². The predicted octanol–water partition coefficient (Wildman–Crippen LogP) is 0.711. The van der Waals surface area contributed by atoms with E-state index in [0.717, 1.165) is 12.8 Å². The monoisotopic (exact) mass is 165 g/mol. The van der Waals surface area contributed by atoms with Crippen molar-refractivity contribution in [2.75, 3.05) is 0 Å². The standard InChI is InChI=1S/C9H15N3/c1-2-11-7-5-8-3-4-9(6-7)12(8)10/h7-9H,1,3-6,10H2. The first-order chi connectivity index (χ1) is 5.81. The molecule has 2 aliphatic heterocycles. The SMILES string of the molecule is C=C=NC1CC2CCC(C1)N2N. The quantitative estimate of drug-likeness (QED) is 0.459. The molecule has 0 aromatic heterocycles. The third kappa shape index (κ3) is 1.20. The lowest BCUT2D eigenvalue weighted by molar-refractivity contribution is 0.130. The normalized spacial score (nSPS) is 40.9. The summed E-state index contributed by atoms with van der Waals surface area (Å²) >= 11 is 0. The summed E-state index contributed by atoms with van der Waals surface area (Å²) in [5, 5.41) is 2.02. The maximum atomic E-state index is 5.90. The van der Waals surface area contributed by atoms with E-state index in [1.54, 1.807) is 0 Å². The van der Waals surface area contributed by atoms with Gasteiger partial charge in [0.2, 0.25) is 0 Å². The molecule has 12 heavy (non-hydrogen) atoms. The molecule has 2 unspecified atom stereocenters. The minimum Gasteiger partial charge on any atom is -0.268 e. The second-order valence-electron chi connectivity index (χ2n) is 3.74.